The third-order valence-electron chi connectivity index (χ3n) is 3.40. The van der Waals surface area contributed by atoms with Gasteiger partial charge in [0.1, 0.15) is 6.07 Å². The maximum absolute atomic E-state index is 9.36. The van der Waals surface area contributed by atoms with E-state index in [0.717, 1.165) is 16.8 Å². The first kappa shape index (κ1) is 14.7. The fourth-order valence-electron chi connectivity index (χ4n) is 2.64. The van der Waals surface area contributed by atoms with E-state index in [2.05, 4.69) is 48.5 Å². The van der Waals surface area contributed by atoms with Crippen LogP contribution in [0.4, 0.5) is 0 Å². The molecule has 0 unspecified atom stereocenters. The van der Waals surface area contributed by atoms with E-state index in [4.69, 9.17) is 11.6 Å². The minimum Gasteiger partial charge on any atom is -0.344 e. The molecule has 0 aliphatic carbocycles. The monoisotopic (exact) mass is 290 g/mol. The van der Waals surface area contributed by atoms with Crippen molar-refractivity contribution in [3.63, 3.8) is 0 Å². The molecule has 2 aromatic rings. The molecule has 0 aromatic carbocycles. The van der Waals surface area contributed by atoms with Crippen molar-refractivity contribution < 1.29 is 0 Å². The molecule has 0 amide bonds. The number of rotatable bonds is 4. The Morgan fingerprint density at radius 2 is 2.05 bits per heavy atom. The molecule has 5 heteroatoms. The number of hydrogen-bond acceptors (Lipinski definition) is 2. The number of aromatic nitrogens is 3. The summed E-state index contributed by atoms with van der Waals surface area (Å²) in [5, 5.41) is 16.8. The van der Waals surface area contributed by atoms with Crippen molar-refractivity contribution in [2.24, 2.45) is 0 Å². The summed E-state index contributed by atoms with van der Waals surface area (Å²) in [5.74, 6) is 0.664. The van der Waals surface area contributed by atoms with Crippen molar-refractivity contribution in [2.75, 3.05) is 0 Å². The Bertz CT molecular complexity index is 643. The van der Waals surface area contributed by atoms with E-state index < -0.39 is 0 Å². The van der Waals surface area contributed by atoms with Crippen LogP contribution in [0.15, 0.2) is 12.4 Å². The molecule has 0 fully saturated rings. The normalized spacial score (nSPS) is 11.3. The number of nitriles is 1. The highest BCUT2D eigenvalue weighted by molar-refractivity contribution is 6.31. The van der Waals surface area contributed by atoms with Crippen molar-refractivity contribution in [3.05, 3.63) is 39.9 Å². The number of hydrogen-bond donors (Lipinski definition) is 1. The molecule has 0 spiro atoms. The van der Waals surface area contributed by atoms with Crippen molar-refractivity contribution >= 4 is 11.6 Å². The highest BCUT2D eigenvalue weighted by Gasteiger charge is 2.21. The van der Waals surface area contributed by atoms with Crippen molar-refractivity contribution in [1.29, 1.82) is 5.26 Å². The van der Waals surface area contributed by atoms with E-state index in [1.54, 1.807) is 6.20 Å². The van der Waals surface area contributed by atoms with E-state index in [9.17, 15) is 5.26 Å². The van der Waals surface area contributed by atoms with E-state index in [1.165, 1.54) is 5.69 Å². The van der Waals surface area contributed by atoms with Crippen molar-refractivity contribution in [2.45, 2.75) is 46.1 Å². The topological polar surface area (TPSA) is 57.4 Å². The standard InChI is InChI=1S/C15H19ClN4/c1-9(2)14-11(5-17)7-20(15(14)10(3)4)8-13-12(16)6-18-19-13/h6-7,9-10H,8H2,1-4H3,(H,18,19). The van der Waals surface area contributed by atoms with Gasteiger partial charge in [-0.15, -0.1) is 0 Å². The largest absolute Gasteiger partial charge is 0.344 e. The molecule has 2 rings (SSSR count). The Labute approximate surface area is 124 Å². The zero-order valence-electron chi connectivity index (χ0n) is 12.2. The molecule has 0 atom stereocenters. The van der Waals surface area contributed by atoms with Crippen molar-refractivity contribution in [1.82, 2.24) is 14.8 Å². The third kappa shape index (κ3) is 2.59. The Morgan fingerprint density at radius 3 is 2.50 bits per heavy atom. The molecule has 2 aromatic heterocycles. The second-order valence-electron chi connectivity index (χ2n) is 5.59. The van der Waals surface area contributed by atoms with Crippen LogP contribution in [0, 0.1) is 11.3 Å². The highest BCUT2D eigenvalue weighted by atomic mass is 35.5. The smallest absolute Gasteiger partial charge is 0.101 e. The lowest BCUT2D eigenvalue weighted by Gasteiger charge is -2.16. The van der Waals surface area contributed by atoms with Gasteiger partial charge in [-0.3, -0.25) is 5.10 Å². The van der Waals surface area contributed by atoms with Crippen LogP contribution in [0.5, 0.6) is 0 Å². The van der Waals surface area contributed by atoms with Crippen LogP contribution in [-0.4, -0.2) is 14.8 Å². The minimum absolute atomic E-state index is 0.320. The average Bonchev–Trinajstić information content (AvgIpc) is 2.94. The first-order valence-electron chi connectivity index (χ1n) is 6.76. The summed E-state index contributed by atoms with van der Waals surface area (Å²) in [5.41, 5.74) is 3.95. The molecule has 1 N–H and O–H groups in total. The zero-order chi connectivity index (χ0) is 14.9. The fraction of sp³-hybridized carbons (Fsp3) is 0.467. The lowest BCUT2D eigenvalue weighted by molar-refractivity contribution is 0.663. The molecule has 2 heterocycles. The summed E-state index contributed by atoms with van der Waals surface area (Å²) >= 11 is 6.09. The predicted octanol–water partition coefficient (Wildman–Crippen LogP) is 4.03. The maximum atomic E-state index is 9.36. The Kier molecular flexibility index (Phi) is 4.20. The van der Waals surface area contributed by atoms with Gasteiger partial charge in [0.15, 0.2) is 0 Å². The Balaban J connectivity index is 2.53. The van der Waals surface area contributed by atoms with Gasteiger partial charge in [-0.05, 0) is 17.4 Å². The molecular formula is C15H19ClN4. The van der Waals surface area contributed by atoms with Crippen LogP contribution in [-0.2, 0) is 6.54 Å². The van der Waals surface area contributed by atoms with Crippen molar-refractivity contribution in [3.8, 4) is 6.07 Å². The highest BCUT2D eigenvalue weighted by Crippen LogP contribution is 2.31. The molecule has 4 nitrogen and oxygen atoms in total. The van der Waals surface area contributed by atoms with Crippen LogP contribution in [0.25, 0.3) is 0 Å². The molecular weight excluding hydrogens is 272 g/mol. The molecule has 0 saturated heterocycles. The molecule has 0 saturated carbocycles. The predicted molar refractivity (Wildman–Crippen MR) is 80.0 cm³/mol. The first-order valence-corrected chi connectivity index (χ1v) is 7.14. The fourth-order valence-corrected chi connectivity index (χ4v) is 2.79. The van der Waals surface area contributed by atoms with Gasteiger partial charge >= 0.3 is 0 Å². The third-order valence-corrected chi connectivity index (χ3v) is 3.73. The summed E-state index contributed by atoms with van der Waals surface area (Å²) < 4.78 is 2.11. The Hall–Kier alpha value is -1.73. The lowest BCUT2D eigenvalue weighted by atomic mass is 9.94. The van der Waals surface area contributed by atoms with Crippen LogP contribution < -0.4 is 0 Å². The van der Waals surface area contributed by atoms with Gasteiger partial charge in [-0.25, -0.2) is 0 Å². The number of aromatic amines is 1. The SMILES string of the molecule is CC(C)c1c(C#N)cn(Cc2[nH]ncc2Cl)c1C(C)C. The summed E-state index contributed by atoms with van der Waals surface area (Å²) in [6.07, 6.45) is 3.52. The summed E-state index contributed by atoms with van der Waals surface area (Å²) in [7, 11) is 0. The van der Waals surface area contributed by atoms with E-state index in [0.29, 0.717) is 23.4 Å². The van der Waals surface area contributed by atoms with Gasteiger partial charge in [0.25, 0.3) is 0 Å². The first-order chi connectivity index (χ1) is 9.45. The van der Waals surface area contributed by atoms with E-state index in [-0.39, 0.29) is 0 Å². The number of H-pyrrole nitrogens is 1. The van der Waals surface area contributed by atoms with Gasteiger partial charge in [0.05, 0.1) is 29.0 Å². The van der Waals surface area contributed by atoms with Gasteiger partial charge in [-0.2, -0.15) is 10.4 Å². The van der Waals surface area contributed by atoms with Gasteiger partial charge < -0.3 is 4.57 Å². The lowest BCUT2D eigenvalue weighted by Crippen LogP contribution is -2.08. The second kappa shape index (κ2) is 5.72. The maximum Gasteiger partial charge on any atom is 0.101 e. The second-order valence-corrected chi connectivity index (χ2v) is 5.99. The summed E-state index contributed by atoms with van der Waals surface area (Å²) in [6, 6.07) is 2.31. The van der Waals surface area contributed by atoms with Crippen LogP contribution in [0.2, 0.25) is 5.02 Å². The van der Waals surface area contributed by atoms with Gasteiger partial charge in [0, 0.05) is 11.9 Å². The molecule has 0 bridgehead atoms. The van der Waals surface area contributed by atoms with Crippen LogP contribution in [0.1, 0.15) is 62.0 Å². The van der Waals surface area contributed by atoms with Crippen LogP contribution in [0.3, 0.4) is 0 Å². The van der Waals surface area contributed by atoms with E-state index in [1.807, 2.05) is 6.20 Å². The number of nitrogens with one attached hydrogen (secondary N) is 1. The number of nitrogens with zero attached hydrogens (tertiary/aromatic N) is 3. The summed E-state index contributed by atoms with van der Waals surface area (Å²) in [6.45, 7) is 9.14. The average molecular weight is 291 g/mol. The molecule has 20 heavy (non-hydrogen) atoms. The number of halogens is 1. The molecule has 0 aliphatic rings. The molecule has 0 aliphatic heterocycles. The molecule has 106 valence electrons. The summed E-state index contributed by atoms with van der Waals surface area (Å²) in [4.78, 5) is 0. The quantitative estimate of drug-likeness (QED) is 0.924. The minimum atomic E-state index is 0.320. The Morgan fingerprint density at radius 1 is 1.35 bits per heavy atom. The van der Waals surface area contributed by atoms with Gasteiger partial charge in [-0.1, -0.05) is 39.3 Å². The van der Waals surface area contributed by atoms with E-state index >= 15 is 0 Å². The zero-order valence-corrected chi connectivity index (χ0v) is 13.0. The van der Waals surface area contributed by atoms with Gasteiger partial charge in [0.2, 0.25) is 0 Å². The molecule has 0 radical (unpaired) electrons. The van der Waals surface area contributed by atoms with Crippen LogP contribution >= 0.6 is 11.6 Å².